The second-order valence-electron chi connectivity index (χ2n) is 9.31. The van der Waals surface area contributed by atoms with Gasteiger partial charge in [-0.15, -0.1) is 17.0 Å². The zero-order chi connectivity index (χ0) is 21.2. The molecule has 0 aliphatic rings. The summed E-state index contributed by atoms with van der Waals surface area (Å²) in [5.41, 5.74) is 10.1. The van der Waals surface area contributed by atoms with E-state index in [2.05, 4.69) is 45.0 Å². The van der Waals surface area contributed by atoms with E-state index in [0.29, 0.717) is 0 Å². The third-order valence-corrected chi connectivity index (χ3v) is 6.56. The molecule has 0 heterocycles. The van der Waals surface area contributed by atoms with Crippen LogP contribution in [0.1, 0.15) is 141 Å². The number of unbranched alkanes of at least 4 members (excludes halogenated alkanes) is 12. The van der Waals surface area contributed by atoms with E-state index in [1.165, 1.54) is 114 Å². The van der Waals surface area contributed by atoms with Gasteiger partial charge in [-0.2, -0.15) is 0 Å². The van der Waals surface area contributed by atoms with Crippen molar-refractivity contribution in [2.75, 3.05) is 0 Å². The topological polar surface area (TPSA) is 26.0 Å². The van der Waals surface area contributed by atoms with Crippen LogP contribution in [0.2, 0.25) is 0 Å². The summed E-state index contributed by atoms with van der Waals surface area (Å²) in [7, 11) is 0. The second-order valence-corrected chi connectivity index (χ2v) is 9.31. The molecule has 1 rings (SSSR count). The average molecular weight is 483 g/mol. The van der Waals surface area contributed by atoms with Crippen LogP contribution in [0.4, 0.5) is 0 Å². The molecular weight excluding hydrogens is 430 g/mol. The predicted molar refractivity (Wildman–Crippen MR) is 142 cm³/mol. The van der Waals surface area contributed by atoms with E-state index in [1.54, 1.807) is 0 Å². The molecule has 0 aliphatic carbocycles. The Kier molecular flexibility index (Phi) is 19.1. The van der Waals surface area contributed by atoms with Gasteiger partial charge >= 0.3 is 0 Å². The summed E-state index contributed by atoms with van der Waals surface area (Å²) in [5, 5.41) is 0. The maximum atomic E-state index is 7.20. The molecular formula is C28H52BrN. The van der Waals surface area contributed by atoms with Crippen molar-refractivity contribution in [3.05, 3.63) is 35.4 Å². The van der Waals surface area contributed by atoms with E-state index in [1.807, 2.05) is 0 Å². The molecule has 0 aliphatic heterocycles. The lowest BCUT2D eigenvalue weighted by Crippen LogP contribution is -2.37. The van der Waals surface area contributed by atoms with Gasteiger partial charge in [-0.3, -0.25) is 0 Å². The first-order valence-corrected chi connectivity index (χ1v) is 13.0. The number of halogens is 1. The van der Waals surface area contributed by atoms with Crippen LogP contribution in [-0.4, -0.2) is 0 Å². The monoisotopic (exact) mass is 481 g/mol. The van der Waals surface area contributed by atoms with Crippen LogP contribution >= 0.6 is 17.0 Å². The lowest BCUT2D eigenvalue weighted by Gasteiger charge is -2.33. The van der Waals surface area contributed by atoms with Crippen molar-refractivity contribution in [3.8, 4) is 0 Å². The highest BCUT2D eigenvalue weighted by Crippen LogP contribution is 2.34. The minimum Gasteiger partial charge on any atom is -0.321 e. The molecule has 2 heteroatoms. The number of aryl methyl sites for hydroxylation is 1. The molecule has 1 aromatic carbocycles. The normalized spacial score (nSPS) is 11.5. The van der Waals surface area contributed by atoms with Crippen molar-refractivity contribution in [3.63, 3.8) is 0 Å². The standard InChI is InChI=1S/C28H51N.BrH/c1-4-7-10-13-16-21-26-22-17-18-23-27(26)28(29,24-19-14-11-8-5-2)25-20-15-12-9-6-3;/h17-18,22-23H,4-16,19-21,24-25,29H2,1-3H3;1H. The van der Waals surface area contributed by atoms with E-state index in [-0.39, 0.29) is 22.5 Å². The van der Waals surface area contributed by atoms with E-state index in [4.69, 9.17) is 5.73 Å². The van der Waals surface area contributed by atoms with E-state index in [9.17, 15) is 0 Å². The molecule has 1 nitrogen and oxygen atoms in total. The summed E-state index contributed by atoms with van der Waals surface area (Å²) in [4.78, 5) is 0. The molecule has 0 fully saturated rings. The van der Waals surface area contributed by atoms with Crippen molar-refractivity contribution in [1.29, 1.82) is 0 Å². The maximum Gasteiger partial charge on any atom is 0.0412 e. The molecule has 0 bridgehead atoms. The summed E-state index contributed by atoms with van der Waals surface area (Å²) < 4.78 is 0. The minimum atomic E-state index is -0.127. The zero-order valence-electron chi connectivity index (χ0n) is 20.5. The molecule has 0 aromatic heterocycles. The maximum absolute atomic E-state index is 7.20. The van der Waals surface area contributed by atoms with Gasteiger partial charge in [0.25, 0.3) is 0 Å². The van der Waals surface area contributed by atoms with E-state index in [0.717, 1.165) is 12.8 Å². The molecule has 0 amide bonds. The lowest BCUT2D eigenvalue weighted by molar-refractivity contribution is 0.341. The van der Waals surface area contributed by atoms with Gasteiger partial charge in [-0.05, 0) is 36.8 Å². The summed E-state index contributed by atoms with van der Waals surface area (Å²) in [6.45, 7) is 6.87. The molecule has 0 unspecified atom stereocenters. The Morgan fingerprint density at radius 1 is 0.600 bits per heavy atom. The number of hydrogen-bond acceptors (Lipinski definition) is 1. The molecule has 0 atom stereocenters. The van der Waals surface area contributed by atoms with Crippen LogP contribution < -0.4 is 5.73 Å². The number of rotatable bonds is 19. The van der Waals surface area contributed by atoms with Crippen molar-refractivity contribution in [1.82, 2.24) is 0 Å². The highest BCUT2D eigenvalue weighted by atomic mass is 79.9. The third-order valence-electron chi connectivity index (χ3n) is 6.56. The van der Waals surface area contributed by atoms with Crippen LogP contribution in [0.15, 0.2) is 24.3 Å². The van der Waals surface area contributed by atoms with Gasteiger partial charge < -0.3 is 5.73 Å². The third kappa shape index (κ3) is 12.5. The van der Waals surface area contributed by atoms with Gasteiger partial charge in [0.1, 0.15) is 0 Å². The average Bonchev–Trinajstić information content (AvgIpc) is 2.73. The number of nitrogens with two attached hydrogens (primary N) is 1. The molecule has 0 saturated carbocycles. The van der Waals surface area contributed by atoms with Gasteiger partial charge in [-0.1, -0.05) is 135 Å². The molecule has 0 saturated heterocycles. The largest absolute Gasteiger partial charge is 0.321 e. The Hall–Kier alpha value is -0.340. The molecule has 1 aromatic rings. The predicted octanol–water partition coefficient (Wildman–Crippen LogP) is 9.65. The van der Waals surface area contributed by atoms with Crippen molar-refractivity contribution < 1.29 is 0 Å². The Morgan fingerprint density at radius 3 is 1.53 bits per heavy atom. The van der Waals surface area contributed by atoms with Crippen molar-refractivity contribution in [2.45, 2.75) is 142 Å². The summed E-state index contributed by atoms with van der Waals surface area (Å²) in [6, 6.07) is 9.13. The quantitative estimate of drug-likeness (QED) is 0.195. The van der Waals surface area contributed by atoms with E-state index >= 15 is 0 Å². The first kappa shape index (κ1) is 29.7. The molecule has 2 N–H and O–H groups in total. The van der Waals surface area contributed by atoms with Gasteiger partial charge in [0.2, 0.25) is 0 Å². The lowest BCUT2D eigenvalue weighted by atomic mass is 9.78. The zero-order valence-corrected chi connectivity index (χ0v) is 22.2. The summed E-state index contributed by atoms with van der Waals surface area (Å²) in [6.07, 6.45) is 23.5. The van der Waals surface area contributed by atoms with Gasteiger partial charge in [0, 0.05) is 5.54 Å². The minimum absolute atomic E-state index is 0. The molecule has 30 heavy (non-hydrogen) atoms. The Balaban J connectivity index is 0.00000841. The summed E-state index contributed by atoms with van der Waals surface area (Å²) >= 11 is 0. The first-order chi connectivity index (χ1) is 14.2. The van der Waals surface area contributed by atoms with Crippen LogP contribution in [-0.2, 0) is 12.0 Å². The molecule has 0 spiro atoms. The van der Waals surface area contributed by atoms with Crippen LogP contribution in [0, 0.1) is 0 Å². The fraction of sp³-hybridized carbons (Fsp3) is 0.786. The Bertz CT molecular complexity index is 485. The molecule has 176 valence electrons. The Morgan fingerprint density at radius 2 is 1.03 bits per heavy atom. The highest BCUT2D eigenvalue weighted by molar-refractivity contribution is 8.93. The van der Waals surface area contributed by atoms with E-state index < -0.39 is 0 Å². The highest BCUT2D eigenvalue weighted by Gasteiger charge is 2.28. The smallest absolute Gasteiger partial charge is 0.0412 e. The van der Waals surface area contributed by atoms with Crippen LogP contribution in [0.5, 0.6) is 0 Å². The fourth-order valence-corrected chi connectivity index (χ4v) is 4.63. The summed E-state index contributed by atoms with van der Waals surface area (Å²) in [5.74, 6) is 0. The fourth-order valence-electron chi connectivity index (χ4n) is 4.63. The first-order valence-electron chi connectivity index (χ1n) is 13.0. The number of hydrogen-bond donors (Lipinski definition) is 1. The molecule has 0 radical (unpaired) electrons. The second kappa shape index (κ2) is 19.4. The van der Waals surface area contributed by atoms with Crippen LogP contribution in [0.3, 0.4) is 0 Å². The van der Waals surface area contributed by atoms with Gasteiger partial charge in [0.05, 0.1) is 0 Å². The number of benzene rings is 1. The van der Waals surface area contributed by atoms with Crippen LogP contribution in [0.25, 0.3) is 0 Å². The Labute approximate surface area is 199 Å². The van der Waals surface area contributed by atoms with Gasteiger partial charge in [0.15, 0.2) is 0 Å². The SMILES string of the molecule is Br.CCCCCCCc1ccccc1C(N)(CCCCCCC)CCCCCCC. The van der Waals surface area contributed by atoms with Crippen molar-refractivity contribution in [2.24, 2.45) is 5.73 Å². The van der Waals surface area contributed by atoms with Gasteiger partial charge in [-0.25, -0.2) is 0 Å². The van der Waals surface area contributed by atoms with Crippen molar-refractivity contribution >= 4 is 17.0 Å².